The quantitative estimate of drug-likeness (QED) is 0.673. The second kappa shape index (κ2) is 7.54. The molecule has 8 nitrogen and oxygen atoms in total. The fraction of sp³-hybridized carbons (Fsp3) is 0.333. The zero-order chi connectivity index (χ0) is 20.5. The minimum absolute atomic E-state index is 0.180. The van der Waals surface area contributed by atoms with Gasteiger partial charge in [0.1, 0.15) is 5.75 Å². The third kappa shape index (κ3) is 3.53. The van der Waals surface area contributed by atoms with E-state index in [9.17, 15) is 9.59 Å². The smallest absolute Gasteiger partial charge is 0.275 e. The van der Waals surface area contributed by atoms with E-state index in [1.165, 1.54) is 10.9 Å². The second-order valence-corrected chi connectivity index (χ2v) is 7.19. The number of rotatable bonds is 3. The summed E-state index contributed by atoms with van der Waals surface area (Å²) in [6.45, 7) is 4.60. The number of anilines is 1. The summed E-state index contributed by atoms with van der Waals surface area (Å²) in [5, 5.41) is 5.17. The number of methoxy groups -OCH3 is 1. The van der Waals surface area contributed by atoms with Crippen LogP contribution in [0.1, 0.15) is 16.1 Å². The molecule has 1 fully saturated rings. The van der Waals surface area contributed by atoms with Crippen LogP contribution in [0.2, 0.25) is 0 Å². The lowest BCUT2D eigenvalue weighted by Crippen LogP contribution is -2.49. The van der Waals surface area contributed by atoms with E-state index in [-0.39, 0.29) is 17.2 Å². The van der Waals surface area contributed by atoms with Gasteiger partial charge < -0.3 is 14.5 Å². The Kier molecular flexibility index (Phi) is 4.92. The van der Waals surface area contributed by atoms with Crippen LogP contribution in [-0.2, 0) is 7.05 Å². The van der Waals surface area contributed by atoms with E-state index in [1.54, 1.807) is 31.3 Å². The van der Waals surface area contributed by atoms with Crippen molar-refractivity contribution in [3.8, 4) is 5.75 Å². The zero-order valence-electron chi connectivity index (χ0n) is 16.8. The minimum atomic E-state index is -0.239. The van der Waals surface area contributed by atoms with Crippen molar-refractivity contribution < 1.29 is 9.53 Å². The molecule has 1 aromatic carbocycles. The molecule has 1 aliphatic rings. The molecule has 4 rings (SSSR count). The number of amides is 1. The first-order valence-electron chi connectivity index (χ1n) is 9.49. The number of nitrogens with zero attached hydrogens (tertiary/aromatic N) is 5. The van der Waals surface area contributed by atoms with Crippen LogP contribution in [0.5, 0.6) is 5.75 Å². The summed E-state index contributed by atoms with van der Waals surface area (Å²) >= 11 is 0. The van der Waals surface area contributed by atoms with Crippen molar-refractivity contribution in [2.24, 2.45) is 7.05 Å². The van der Waals surface area contributed by atoms with Crippen molar-refractivity contribution in [3.63, 3.8) is 0 Å². The van der Waals surface area contributed by atoms with E-state index in [0.29, 0.717) is 37.0 Å². The van der Waals surface area contributed by atoms with E-state index < -0.39 is 0 Å². The number of pyridine rings is 1. The Labute approximate surface area is 168 Å². The van der Waals surface area contributed by atoms with Gasteiger partial charge in [0.05, 0.1) is 12.5 Å². The van der Waals surface area contributed by atoms with E-state index in [1.807, 2.05) is 19.1 Å². The highest BCUT2D eigenvalue weighted by Gasteiger charge is 2.26. The zero-order valence-corrected chi connectivity index (χ0v) is 16.8. The summed E-state index contributed by atoms with van der Waals surface area (Å²) in [6, 6.07) is 7.75. The third-order valence-corrected chi connectivity index (χ3v) is 5.26. The number of carbonyl (C=O) groups excluding carboxylic acids is 1. The molecule has 0 N–H and O–H groups in total. The Morgan fingerprint density at radius 1 is 1.10 bits per heavy atom. The lowest BCUT2D eigenvalue weighted by atomic mass is 10.1. The number of hydrogen-bond donors (Lipinski definition) is 0. The highest BCUT2D eigenvalue weighted by molar-refractivity contribution is 6.04. The minimum Gasteiger partial charge on any atom is -0.497 e. The van der Waals surface area contributed by atoms with Gasteiger partial charge in [0.25, 0.3) is 11.5 Å². The summed E-state index contributed by atoms with van der Waals surface area (Å²) in [7, 11) is 3.22. The molecule has 150 valence electrons. The van der Waals surface area contributed by atoms with E-state index in [4.69, 9.17) is 4.74 Å². The molecule has 2 aromatic heterocycles. The van der Waals surface area contributed by atoms with Crippen molar-refractivity contribution in [3.05, 3.63) is 58.3 Å². The number of benzene rings is 1. The first kappa shape index (κ1) is 18.9. The van der Waals surface area contributed by atoms with Crippen molar-refractivity contribution in [1.82, 2.24) is 19.7 Å². The largest absolute Gasteiger partial charge is 0.497 e. The first-order chi connectivity index (χ1) is 14.0. The maximum absolute atomic E-state index is 13.2. The highest BCUT2D eigenvalue weighted by Crippen LogP contribution is 2.25. The van der Waals surface area contributed by atoms with E-state index in [0.717, 1.165) is 17.0 Å². The van der Waals surface area contributed by atoms with Crippen LogP contribution in [0.4, 0.5) is 5.69 Å². The molecule has 29 heavy (non-hydrogen) atoms. The topological polar surface area (TPSA) is 80.6 Å². The van der Waals surface area contributed by atoms with Gasteiger partial charge in [-0.3, -0.25) is 14.6 Å². The Hall–Kier alpha value is -3.42. The van der Waals surface area contributed by atoms with Gasteiger partial charge in [0.2, 0.25) is 0 Å². The summed E-state index contributed by atoms with van der Waals surface area (Å²) in [5.41, 5.74) is 2.24. The number of hydrogen-bond acceptors (Lipinski definition) is 6. The molecule has 3 aromatic rings. The standard InChI is InChI=1S/C21H23N5O3/c1-14-10-15(12-16(11-14)29-3)25-6-8-26(9-7-25)21(28)19-18-13-22-5-4-17(18)20(27)24(2)23-19/h4-5,10-13H,6-9H2,1-3H3. The molecule has 0 spiro atoms. The number of piperazine rings is 1. The van der Waals surface area contributed by atoms with Crippen LogP contribution in [-0.4, -0.2) is 58.9 Å². The molecule has 0 aliphatic carbocycles. The Balaban J connectivity index is 1.56. The van der Waals surface area contributed by atoms with Crippen LogP contribution >= 0.6 is 0 Å². The molecule has 0 unspecified atom stereocenters. The van der Waals surface area contributed by atoms with Crippen LogP contribution in [0, 0.1) is 6.92 Å². The lowest BCUT2D eigenvalue weighted by Gasteiger charge is -2.36. The maximum atomic E-state index is 13.2. The molecule has 1 amide bonds. The Morgan fingerprint density at radius 3 is 2.59 bits per heavy atom. The summed E-state index contributed by atoms with van der Waals surface area (Å²) < 4.78 is 6.59. The molecule has 3 heterocycles. The Bertz CT molecular complexity index is 1130. The molecule has 1 aliphatic heterocycles. The monoisotopic (exact) mass is 393 g/mol. The molecule has 8 heteroatoms. The van der Waals surface area contributed by atoms with Gasteiger partial charge in [0, 0.05) is 62.8 Å². The van der Waals surface area contributed by atoms with Gasteiger partial charge in [-0.25, -0.2) is 4.68 Å². The highest BCUT2D eigenvalue weighted by atomic mass is 16.5. The lowest BCUT2D eigenvalue weighted by molar-refractivity contribution is 0.0740. The average Bonchev–Trinajstić information content (AvgIpc) is 2.75. The maximum Gasteiger partial charge on any atom is 0.275 e. The molecule has 1 saturated heterocycles. The molecule has 0 saturated carbocycles. The van der Waals surface area contributed by atoms with Gasteiger partial charge in [-0.05, 0) is 30.7 Å². The second-order valence-electron chi connectivity index (χ2n) is 7.19. The average molecular weight is 393 g/mol. The number of fused-ring (bicyclic) bond motifs is 1. The predicted octanol–water partition coefficient (Wildman–Crippen LogP) is 1.61. The third-order valence-electron chi connectivity index (χ3n) is 5.26. The van der Waals surface area contributed by atoms with Crippen LogP contribution in [0.25, 0.3) is 10.8 Å². The van der Waals surface area contributed by atoms with Gasteiger partial charge in [0.15, 0.2) is 5.69 Å². The van der Waals surface area contributed by atoms with Crippen LogP contribution in [0.15, 0.2) is 41.5 Å². The fourth-order valence-corrected chi connectivity index (χ4v) is 3.70. The summed E-state index contributed by atoms with van der Waals surface area (Å²) in [5.74, 6) is 0.645. The van der Waals surface area contributed by atoms with Crippen LogP contribution < -0.4 is 15.2 Å². The van der Waals surface area contributed by atoms with E-state index >= 15 is 0 Å². The molecule has 0 atom stereocenters. The van der Waals surface area contributed by atoms with Crippen molar-refractivity contribution in [1.29, 1.82) is 0 Å². The van der Waals surface area contributed by atoms with Gasteiger partial charge in [-0.15, -0.1) is 0 Å². The normalized spacial score (nSPS) is 14.3. The first-order valence-corrected chi connectivity index (χ1v) is 9.49. The van der Waals surface area contributed by atoms with Crippen molar-refractivity contribution >= 4 is 22.4 Å². The number of aromatic nitrogens is 3. The van der Waals surface area contributed by atoms with Crippen molar-refractivity contribution in [2.45, 2.75) is 6.92 Å². The number of ether oxygens (including phenoxy) is 1. The predicted molar refractivity (Wildman–Crippen MR) is 111 cm³/mol. The number of carbonyl (C=O) groups is 1. The summed E-state index contributed by atoms with van der Waals surface area (Å²) in [6.07, 6.45) is 3.08. The molecule has 0 bridgehead atoms. The Morgan fingerprint density at radius 2 is 1.86 bits per heavy atom. The SMILES string of the molecule is COc1cc(C)cc(N2CCN(C(=O)c3nn(C)c(=O)c4ccncc34)CC2)c1. The van der Waals surface area contributed by atoms with Crippen molar-refractivity contribution in [2.75, 3.05) is 38.2 Å². The fourth-order valence-electron chi connectivity index (χ4n) is 3.70. The van der Waals surface area contributed by atoms with Crippen LogP contribution in [0.3, 0.4) is 0 Å². The molecule has 0 radical (unpaired) electrons. The van der Waals surface area contributed by atoms with Gasteiger partial charge in [-0.1, -0.05) is 0 Å². The molecular weight excluding hydrogens is 370 g/mol. The van der Waals surface area contributed by atoms with Gasteiger partial charge >= 0.3 is 0 Å². The summed E-state index contributed by atoms with van der Waals surface area (Å²) in [4.78, 5) is 33.5. The van der Waals surface area contributed by atoms with E-state index in [2.05, 4.69) is 21.0 Å². The number of aryl methyl sites for hydroxylation is 2. The van der Waals surface area contributed by atoms with Gasteiger partial charge in [-0.2, -0.15) is 5.10 Å². The molecular formula is C21H23N5O3.